The van der Waals surface area contributed by atoms with Crippen molar-refractivity contribution in [3.8, 4) is 11.4 Å². The molecular weight excluding hydrogens is 356 g/mol. The molecule has 6 heteroatoms. The molecule has 0 aliphatic rings. The van der Waals surface area contributed by atoms with Crippen molar-refractivity contribution >= 4 is 16.9 Å². The first-order valence-electron chi connectivity index (χ1n) is 8.94. The molecule has 0 fully saturated rings. The third-order valence-corrected chi connectivity index (χ3v) is 4.57. The highest BCUT2D eigenvalue weighted by Crippen LogP contribution is 2.27. The minimum Gasteiger partial charge on any atom is -0.489 e. The lowest BCUT2D eigenvalue weighted by Crippen LogP contribution is -2.04. The summed E-state index contributed by atoms with van der Waals surface area (Å²) < 4.78 is 13.6. The van der Waals surface area contributed by atoms with Gasteiger partial charge >= 0.3 is 5.97 Å². The van der Waals surface area contributed by atoms with Gasteiger partial charge in [-0.05, 0) is 41.5 Å². The molecule has 4 aromatic rings. The van der Waals surface area contributed by atoms with Crippen molar-refractivity contribution in [2.45, 2.75) is 19.6 Å². The van der Waals surface area contributed by atoms with Crippen LogP contribution in [0.2, 0.25) is 0 Å². The number of aromatic nitrogens is 1. The van der Waals surface area contributed by atoms with Gasteiger partial charge in [0.2, 0.25) is 0 Å². The average molecular weight is 376 g/mol. The number of benzene rings is 2. The van der Waals surface area contributed by atoms with E-state index in [1.54, 1.807) is 18.4 Å². The Hall–Kier alpha value is -3.51. The predicted molar refractivity (Wildman–Crippen MR) is 106 cm³/mol. The molecule has 0 saturated carbocycles. The third kappa shape index (κ3) is 3.63. The first kappa shape index (κ1) is 17.9. The van der Waals surface area contributed by atoms with E-state index in [1.807, 2.05) is 53.4 Å². The summed E-state index contributed by atoms with van der Waals surface area (Å²) in [5.74, 6) is -0.313. The fraction of sp³-hybridized carbons (Fsp3) is 0.136. The number of hydrogen-bond donors (Lipinski definition) is 2. The van der Waals surface area contributed by atoms with Gasteiger partial charge in [0.25, 0.3) is 0 Å². The van der Waals surface area contributed by atoms with Crippen LogP contribution in [0.1, 0.15) is 16.7 Å². The van der Waals surface area contributed by atoms with Crippen LogP contribution in [-0.4, -0.2) is 15.6 Å². The van der Waals surface area contributed by atoms with Gasteiger partial charge in [-0.3, -0.25) is 4.79 Å². The summed E-state index contributed by atoms with van der Waals surface area (Å²) in [5.41, 5.74) is 10.1. The Kier molecular flexibility index (Phi) is 4.87. The Bertz CT molecular complexity index is 1130. The monoisotopic (exact) mass is 376 g/mol. The number of nitrogens with two attached hydrogens (primary N) is 1. The molecule has 0 aliphatic heterocycles. The first-order valence-corrected chi connectivity index (χ1v) is 8.94. The van der Waals surface area contributed by atoms with Crippen molar-refractivity contribution < 1.29 is 19.1 Å². The molecule has 0 radical (unpaired) electrons. The second-order valence-corrected chi connectivity index (χ2v) is 6.55. The molecule has 0 saturated heterocycles. The van der Waals surface area contributed by atoms with E-state index in [4.69, 9.17) is 20.0 Å². The summed E-state index contributed by atoms with van der Waals surface area (Å²) in [6, 6.07) is 15.1. The summed E-state index contributed by atoms with van der Waals surface area (Å²) in [5, 5.41) is 10.0. The van der Waals surface area contributed by atoms with E-state index in [1.165, 1.54) is 0 Å². The Morgan fingerprint density at radius 3 is 2.79 bits per heavy atom. The van der Waals surface area contributed by atoms with E-state index < -0.39 is 5.97 Å². The molecule has 142 valence electrons. The molecule has 2 aromatic carbocycles. The zero-order valence-corrected chi connectivity index (χ0v) is 15.2. The van der Waals surface area contributed by atoms with Crippen LogP contribution in [-0.2, 0) is 24.4 Å². The van der Waals surface area contributed by atoms with Gasteiger partial charge in [-0.15, -0.1) is 0 Å². The van der Waals surface area contributed by atoms with Crippen LogP contribution in [0.4, 0.5) is 0 Å². The number of aliphatic carboxylic acids is 1. The maximum absolute atomic E-state index is 11.1. The van der Waals surface area contributed by atoms with E-state index in [2.05, 4.69) is 0 Å². The summed E-state index contributed by atoms with van der Waals surface area (Å²) >= 11 is 0. The van der Waals surface area contributed by atoms with Gasteiger partial charge in [0.1, 0.15) is 12.4 Å². The molecule has 6 nitrogen and oxygen atoms in total. The highest BCUT2D eigenvalue weighted by atomic mass is 16.5. The highest BCUT2D eigenvalue weighted by molar-refractivity contribution is 5.86. The minimum absolute atomic E-state index is 0.0760. The molecule has 0 unspecified atom stereocenters. The second-order valence-electron chi connectivity index (χ2n) is 6.55. The number of rotatable bonds is 7. The van der Waals surface area contributed by atoms with Crippen LogP contribution in [0, 0.1) is 0 Å². The number of fused-ring (bicyclic) bond motifs is 1. The van der Waals surface area contributed by atoms with Crippen molar-refractivity contribution in [1.82, 2.24) is 4.57 Å². The van der Waals surface area contributed by atoms with Gasteiger partial charge in [-0.1, -0.05) is 18.2 Å². The van der Waals surface area contributed by atoms with Gasteiger partial charge in [-0.25, -0.2) is 0 Å². The molecule has 0 spiro atoms. The number of furan rings is 1. The number of para-hydroxylation sites is 1. The summed E-state index contributed by atoms with van der Waals surface area (Å²) in [6.45, 7) is 0.785. The lowest BCUT2D eigenvalue weighted by molar-refractivity contribution is -0.136. The smallest absolute Gasteiger partial charge is 0.307 e. The van der Waals surface area contributed by atoms with E-state index in [0.717, 1.165) is 27.8 Å². The number of hydrogen-bond acceptors (Lipinski definition) is 4. The van der Waals surface area contributed by atoms with Crippen molar-refractivity contribution in [1.29, 1.82) is 0 Å². The lowest BCUT2D eigenvalue weighted by Gasteiger charge is -2.12. The molecule has 0 aliphatic carbocycles. The Balaban J connectivity index is 1.64. The van der Waals surface area contributed by atoms with Crippen molar-refractivity contribution in [2.75, 3.05) is 0 Å². The SMILES string of the molecule is NCc1ccn(-c2cc(COc3ccccc3CC(=O)O)cc3ccoc23)c1. The zero-order valence-electron chi connectivity index (χ0n) is 15.2. The maximum atomic E-state index is 11.1. The molecular formula is C22H20N2O4. The lowest BCUT2D eigenvalue weighted by atomic mass is 10.1. The van der Waals surface area contributed by atoms with Gasteiger partial charge < -0.3 is 24.6 Å². The van der Waals surface area contributed by atoms with Crippen molar-refractivity contribution in [3.05, 3.63) is 83.9 Å². The van der Waals surface area contributed by atoms with Gasteiger partial charge in [0.15, 0.2) is 5.58 Å². The molecule has 2 heterocycles. The standard InChI is InChI=1S/C22H20N2O4/c23-12-15-5-7-24(13-15)19-10-16(9-18-6-8-27-22(18)19)14-28-20-4-2-1-3-17(20)11-21(25)26/h1-10,13H,11-12,14,23H2,(H,25,26). The Morgan fingerprint density at radius 1 is 1.14 bits per heavy atom. The number of ether oxygens (including phenoxy) is 1. The van der Waals surface area contributed by atoms with Gasteiger partial charge in [0, 0.05) is 29.9 Å². The number of carboxylic acid groups (broad SMARTS) is 1. The largest absolute Gasteiger partial charge is 0.489 e. The summed E-state index contributed by atoms with van der Waals surface area (Å²) in [6.07, 6.45) is 5.51. The topological polar surface area (TPSA) is 90.6 Å². The fourth-order valence-corrected chi connectivity index (χ4v) is 3.22. The zero-order chi connectivity index (χ0) is 19.5. The van der Waals surface area contributed by atoms with E-state index in [-0.39, 0.29) is 6.42 Å². The number of nitrogens with zero attached hydrogens (tertiary/aromatic N) is 1. The van der Waals surface area contributed by atoms with Crippen LogP contribution < -0.4 is 10.5 Å². The average Bonchev–Trinajstić information content (AvgIpc) is 3.35. The summed E-state index contributed by atoms with van der Waals surface area (Å²) in [4.78, 5) is 11.1. The number of carbonyl (C=O) groups is 1. The fourth-order valence-electron chi connectivity index (χ4n) is 3.22. The van der Waals surface area contributed by atoms with Crippen molar-refractivity contribution in [3.63, 3.8) is 0 Å². The maximum Gasteiger partial charge on any atom is 0.307 e. The first-order chi connectivity index (χ1) is 13.6. The quantitative estimate of drug-likeness (QED) is 0.511. The normalized spacial score (nSPS) is 11.0. The van der Waals surface area contributed by atoms with E-state index >= 15 is 0 Å². The summed E-state index contributed by atoms with van der Waals surface area (Å²) in [7, 11) is 0. The van der Waals surface area contributed by atoms with Gasteiger partial charge in [-0.2, -0.15) is 0 Å². The molecule has 3 N–H and O–H groups in total. The molecule has 4 rings (SSSR count). The Labute approximate surface area is 161 Å². The predicted octanol–water partition coefficient (Wildman–Crippen LogP) is 3.89. The molecule has 28 heavy (non-hydrogen) atoms. The third-order valence-electron chi connectivity index (χ3n) is 4.57. The molecule has 2 aromatic heterocycles. The number of carboxylic acids is 1. The van der Waals surface area contributed by atoms with Crippen LogP contribution in [0.25, 0.3) is 16.7 Å². The second kappa shape index (κ2) is 7.62. The minimum atomic E-state index is -0.888. The van der Waals surface area contributed by atoms with E-state index in [9.17, 15) is 4.79 Å². The Morgan fingerprint density at radius 2 is 2.00 bits per heavy atom. The van der Waals surface area contributed by atoms with Crippen LogP contribution in [0.3, 0.4) is 0 Å². The molecule has 0 amide bonds. The van der Waals surface area contributed by atoms with Crippen LogP contribution >= 0.6 is 0 Å². The molecule has 0 atom stereocenters. The molecule has 0 bridgehead atoms. The van der Waals surface area contributed by atoms with Crippen molar-refractivity contribution in [2.24, 2.45) is 5.73 Å². The van der Waals surface area contributed by atoms with Gasteiger partial charge in [0.05, 0.1) is 18.4 Å². The van der Waals surface area contributed by atoms with Crippen LogP contribution in [0.5, 0.6) is 5.75 Å². The van der Waals surface area contributed by atoms with Crippen LogP contribution in [0.15, 0.2) is 71.6 Å². The highest BCUT2D eigenvalue weighted by Gasteiger charge is 2.12. The van der Waals surface area contributed by atoms with E-state index in [0.29, 0.717) is 24.5 Å².